The number of hydrogen-bond acceptors (Lipinski definition) is 4. The lowest BCUT2D eigenvalue weighted by molar-refractivity contribution is -0.136. The molecule has 90 valence electrons. The fourth-order valence-corrected chi connectivity index (χ4v) is 2.04. The number of hydrogen-bond donors (Lipinski definition) is 0. The van der Waals surface area contributed by atoms with Crippen LogP contribution in [-0.4, -0.2) is 24.5 Å². The van der Waals surface area contributed by atoms with Gasteiger partial charge in [-0.05, 0) is 24.3 Å². The second-order valence-electron chi connectivity index (χ2n) is 4.05. The summed E-state index contributed by atoms with van der Waals surface area (Å²) in [6.07, 6.45) is 7.37. The van der Waals surface area contributed by atoms with Gasteiger partial charge in [-0.1, -0.05) is 6.92 Å². The minimum atomic E-state index is -0.678. The topological polar surface area (TPSA) is 52.6 Å². The number of rotatable bonds is 2. The number of ether oxygens (including phenoxy) is 2. The summed E-state index contributed by atoms with van der Waals surface area (Å²) < 4.78 is 10.5. The summed E-state index contributed by atoms with van der Waals surface area (Å²) in [5, 5.41) is 0. The van der Waals surface area contributed by atoms with Crippen LogP contribution in [0.25, 0.3) is 0 Å². The second-order valence-corrected chi connectivity index (χ2v) is 4.05. The van der Waals surface area contributed by atoms with E-state index in [-0.39, 0.29) is 11.8 Å². The zero-order valence-corrected chi connectivity index (χ0v) is 9.86. The van der Waals surface area contributed by atoms with Gasteiger partial charge in [-0.3, -0.25) is 4.79 Å². The van der Waals surface area contributed by atoms with E-state index in [1.54, 1.807) is 12.2 Å². The van der Waals surface area contributed by atoms with Crippen molar-refractivity contribution in [2.45, 2.75) is 25.4 Å². The molecule has 0 radical (unpaired) electrons. The smallest absolute Gasteiger partial charge is 0.337 e. The quantitative estimate of drug-likeness (QED) is 0.682. The molecule has 0 unspecified atom stereocenters. The Morgan fingerprint density at radius 2 is 2.12 bits per heavy atom. The molecule has 0 aromatic rings. The van der Waals surface area contributed by atoms with E-state index in [2.05, 4.69) is 0 Å². The molecule has 0 aromatic heterocycles. The zero-order valence-electron chi connectivity index (χ0n) is 9.86. The number of methoxy groups -OCH3 is 1. The molecular formula is C13H14O4. The number of carbonyl (C=O) groups is 2. The first-order valence-electron chi connectivity index (χ1n) is 5.52. The molecule has 0 saturated carbocycles. The van der Waals surface area contributed by atoms with Crippen molar-refractivity contribution < 1.29 is 19.1 Å². The number of allylic oxidation sites excluding steroid dienone is 3. The predicted molar refractivity (Wildman–Crippen MR) is 61.1 cm³/mol. The monoisotopic (exact) mass is 234 g/mol. The third kappa shape index (κ3) is 2.02. The Hall–Kier alpha value is -1.84. The predicted octanol–water partition coefficient (Wildman–Crippen LogP) is 1.68. The van der Waals surface area contributed by atoms with Crippen LogP contribution in [0, 0.1) is 0 Å². The van der Waals surface area contributed by atoms with Crippen molar-refractivity contribution in [3.8, 4) is 0 Å². The third-order valence-corrected chi connectivity index (χ3v) is 2.92. The summed E-state index contributed by atoms with van der Waals surface area (Å²) in [6.45, 7) is 1.92. The summed E-state index contributed by atoms with van der Waals surface area (Å²) in [4.78, 5) is 22.7. The van der Waals surface area contributed by atoms with E-state index >= 15 is 0 Å². The molecule has 0 atom stereocenters. The molecule has 0 amide bonds. The van der Waals surface area contributed by atoms with Crippen LogP contribution in [0.3, 0.4) is 0 Å². The lowest BCUT2D eigenvalue weighted by Gasteiger charge is -2.24. The van der Waals surface area contributed by atoms with E-state index in [1.165, 1.54) is 19.3 Å². The Kier molecular flexibility index (Phi) is 2.88. The molecule has 1 aliphatic heterocycles. The van der Waals surface area contributed by atoms with E-state index in [0.717, 1.165) is 0 Å². The molecule has 0 aromatic carbocycles. The maximum Gasteiger partial charge on any atom is 0.337 e. The van der Waals surface area contributed by atoms with Crippen molar-refractivity contribution >= 4 is 11.8 Å². The van der Waals surface area contributed by atoms with Gasteiger partial charge >= 0.3 is 5.97 Å². The van der Waals surface area contributed by atoms with Crippen LogP contribution in [-0.2, 0) is 19.1 Å². The van der Waals surface area contributed by atoms with Gasteiger partial charge < -0.3 is 9.47 Å². The SMILES string of the molecule is CCC1=C(C(=O)OC)CC2(C=CC(=O)C=C2)O1. The number of carbonyl (C=O) groups excluding carboxylic acids is 2. The van der Waals surface area contributed by atoms with Gasteiger partial charge in [0.05, 0.1) is 12.7 Å². The Balaban J connectivity index is 2.26. The first kappa shape index (κ1) is 11.6. The average molecular weight is 234 g/mol. The molecule has 0 bridgehead atoms. The highest BCUT2D eigenvalue weighted by Crippen LogP contribution is 2.39. The van der Waals surface area contributed by atoms with Crippen LogP contribution in [0.5, 0.6) is 0 Å². The Morgan fingerprint density at radius 3 is 2.65 bits per heavy atom. The van der Waals surface area contributed by atoms with Gasteiger partial charge in [0, 0.05) is 12.8 Å². The highest BCUT2D eigenvalue weighted by Gasteiger charge is 2.40. The fraction of sp³-hybridized carbons (Fsp3) is 0.385. The Bertz CT molecular complexity index is 438. The largest absolute Gasteiger partial charge is 0.482 e. The minimum Gasteiger partial charge on any atom is -0.482 e. The van der Waals surface area contributed by atoms with Gasteiger partial charge in [0.25, 0.3) is 0 Å². The van der Waals surface area contributed by atoms with Crippen LogP contribution in [0.2, 0.25) is 0 Å². The van der Waals surface area contributed by atoms with Crippen LogP contribution in [0.15, 0.2) is 35.6 Å². The van der Waals surface area contributed by atoms with Gasteiger partial charge in [-0.25, -0.2) is 4.79 Å². The van der Waals surface area contributed by atoms with Crippen molar-refractivity contribution in [1.82, 2.24) is 0 Å². The van der Waals surface area contributed by atoms with Crippen molar-refractivity contribution in [3.63, 3.8) is 0 Å². The van der Waals surface area contributed by atoms with Gasteiger partial charge in [0.15, 0.2) is 11.4 Å². The summed E-state index contributed by atoms with van der Waals surface area (Å²) in [7, 11) is 1.35. The maximum absolute atomic E-state index is 11.6. The number of ketones is 1. The molecule has 17 heavy (non-hydrogen) atoms. The molecule has 4 nitrogen and oxygen atoms in total. The van der Waals surface area contributed by atoms with Crippen molar-refractivity contribution in [1.29, 1.82) is 0 Å². The summed E-state index contributed by atoms with van der Waals surface area (Å²) >= 11 is 0. The first-order valence-corrected chi connectivity index (χ1v) is 5.52. The molecule has 4 heteroatoms. The standard InChI is InChI=1S/C13H14O4/c1-3-11-10(12(15)16-2)8-13(17-11)6-4-9(14)5-7-13/h4-7H,3,8H2,1-2H3. The Morgan fingerprint density at radius 1 is 1.47 bits per heavy atom. The van der Waals surface area contributed by atoms with Crippen LogP contribution in [0.4, 0.5) is 0 Å². The molecular weight excluding hydrogens is 220 g/mol. The maximum atomic E-state index is 11.6. The molecule has 1 heterocycles. The molecule has 1 aliphatic carbocycles. The van der Waals surface area contributed by atoms with E-state index < -0.39 is 5.60 Å². The zero-order chi connectivity index (χ0) is 12.5. The molecule has 0 N–H and O–H groups in total. The third-order valence-electron chi connectivity index (χ3n) is 2.92. The van der Waals surface area contributed by atoms with Crippen molar-refractivity contribution in [3.05, 3.63) is 35.6 Å². The van der Waals surface area contributed by atoms with E-state index in [4.69, 9.17) is 9.47 Å². The van der Waals surface area contributed by atoms with E-state index in [1.807, 2.05) is 6.92 Å². The van der Waals surface area contributed by atoms with Gasteiger partial charge in [-0.2, -0.15) is 0 Å². The van der Waals surface area contributed by atoms with E-state index in [0.29, 0.717) is 24.2 Å². The normalized spacial score (nSPS) is 20.9. The molecule has 0 fully saturated rings. The van der Waals surface area contributed by atoms with Gasteiger partial charge in [-0.15, -0.1) is 0 Å². The minimum absolute atomic E-state index is 0.0659. The fourth-order valence-electron chi connectivity index (χ4n) is 2.04. The highest BCUT2D eigenvalue weighted by molar-refractivity contribution is 6.01. The first-order chi connectivity index (χ1) is 8.10. The molecule has 0 saturated heterocycles. The summed E-state index contributed by atoms with van der Waals surface area (Å²) in [6, 6.07) is 0. The van der Waals surface area contributed by atoms with Crippen LogP contribution < -0.4 is 0 Å². The lowest BCUT2D eigenvalue weighted by Crippen LogP contribution is -2.26. The highest BCUT2D eigenvalue weighted by atomic mass is 16.5. The molecule has 1 spiro atoms. The lowest BCUT2D eigenvalue weighted by atomic mass is 9.92. The van der Waals surface area contributed by atoms with Crippen LogP contribution >= 0.6 is 0 Å². The number of esters is 1. The summed E-state index contributed by atoms with van der Waals surface area (Å²) in [5.74, 6) is 0.210. The Labute approximate surface area is 99.6 Å². The second kappa shape index (κ2) is 4.20. The average Bonchev–Trinajstić information content (AvgIpc) is 2.71. The molecule has 2 rings (SSSR count). The van der Waals surface area contributed by atoms with Crippen molar-refractivity contribution in [2.24, 2.45) is 0 Å². The summed E-state index contributed by atoms with van der Waals surface area (Å²) in [5.41, 5.74) is -0.123. The van der Waals surface area contributed by atoms with Gasteiger partial charge in [0.2, 0.25) is 0 Å². The van der Waals surface area contributed by atoms with Crippen LogP contribution in [0.1, 0.15) is 19.8 Å². The van der Waals surface area contributed by atoms with E-state index in [9.17, 15) is 9.59 Å². The van der Waals surface area contributed by atoms with Gasteiger partial charge in [0.1, 0.15) is 5.76 Å². The van der Waals surface area contributed by atoms with Crippen molar-refractivity contribution in [2.75, 3.05) is 7.11 Å². The molecule has 2 aliphatic rings.